The predicted octanol–water partition coefficient (Wildman–Crippen LogP) is 3.23. The highest BCUT2D eigenvalue weighted by Gasteiger charge is 2.36. The molecular formula is C21H19N3O2S. The molecule has 0 spiro atoms. The summed E-state index contributed by atoms with van der Waals surface area (Å²) in [5.74, 6) is 0.546. The van der Waals surface area contributed by atoms with Gasteiger partial charge in [-0.2, -0.15) is 0 Å². The van der Waals surface area contributed by atoms with Crippen molar-refractivity contribution in [2.75, 3.05) is 13.1 Å². The number of likely N-dealkylation sites (tertiary alicyclic amines) is 1. The van der Waals surface area contributed by atoms with Crippen LogP contribution in [0.1, 0.15) is 28.5 Å². The van der Waals surface area contributed by atoms with Crippen LogP contribution in [-0.2, 0) is 6.54 Å². The van der Waals surface area contributed by atoms with Crippen molar-refractivity contribution in [3.05, 3.63) is 75.7 Å². The van der Waals surface area contributed by atoms with Gasteiger partial charge in [0.05, 0.1) is 0 Å². The molecule has 136 valence electrons. The molecule has 3 aromatic rings. The number of hydrogen-bond acceptors (Lipinski definition) is 4. The zero-order valence-electron chi connectivity index (χ0n) is 14.7. The smallest absolute Gasteiger partial charge is 0.273 e. The highest BCUT2D eigenvalue weighted by Crippen LogP contribution is 2.35. The van der Waals surface area contributed by atoms with Crippen LogP contribution in [0.25, 0.3) is 10.6 Å². The fourth-order valence-corrected chi connectivity index (χ4v) is 5.11. The lowest BCUT2D eigenvalue weighted by Crippen LogP contribution is -2.49. The lowest BCUT2D eigenvalue weighted by molar-refractivity contribution is 0.0589. The average Bonchev–Trinajstić information content (AvgIpc) is 3.19. The molecule has 0 N–H and O–H groups in total. The maximum Gasteiger partial charge on any atom is 0.273 e. The number of carbonyl (C=O) groups excluding carboxylic acids is 1. The van der Waals surface area contributed by atoms with Crippen molar-refractivity contribution < 1.29 is 4.79 Å². The van der Waals surface area contributed by atoms with E-state index in [0.29, 0.717) is 31.2 Å². The van der Waals surface area contributed by atoms with Crippen LogP contribution < -0.4 is 5.56 Å². The van der Waals surface area contributed by atoms with Gasteiger partial charge in [-0.25, -0.2) is 4.98 Å². The number of carbonyl (C=O) groups is 1. The van der Waals surface area contributed by atoms with Gasteiger partial charge in [0.15, 0.2) is 0 Å². The second-order valence-corrected chi connectivity index (χ2v) is 8.17. The molecule has 1 fully saturated rings. The molecule has 27 heavy (non-hydrogen) atoms. The molecule has 0 aliphatic carbocycles. The monoisotopic (exact) mass is 377 g/mol. The first-order chi connectivity index (χ1) is 13.2. The van der Waals surface area contributed by atoms with E-state index in [9.17, 15) is 9.59 Å². The Bertz CT molecular complexity index is 1060. The highest BCUT2D eigenvalue weighted by atomic mass is 32.1. The second kappa shape index (κ2) is 6.46. The Morgan fingerprint density at radius 2 is 1.89 bits per heavy atom. The predicted molar refractivity (Wildman–Crippen MR) is 105 cm³/mol. The summed E-state index contributed by atoms with van der Waals surface area (Å²) in [4.78, 5) is 31.7. The van der Waals surface area contributed by atoms with Crippen molar-refractivity contribution in [3.8, 4) is 10.6 Å². The minimum atomic E-state index is -0.00476. The molecule has 6 heteroatoms. The van der Waals surface area contributed by atoms with Gasteiger partial charge in [0.2, 0.25) is 0 Å². The summed E-state index contributed by atoms with van der Waals surface area (Å²) in [7, 11) is 0. The molecule has 0 radical (unpaired) electrons. The molecule has 1 aromatic carbocycles. The summed E-state index contributed by atoms with van der Waals surface area (Å²) >= 11 is 1.50. The van der Waals surface area contributed by atoms with Crippen LogP contribution in [0.15, 0.2) is 58.7 Å². The van der Waals surface area contributed by atoms with E-state index in [0.717, 1.165) is 22.7 Å². The Kier molecular flexibility index (Phi) is 3.93. The van der Waals surface area contributed by atoms with Gasteiger partial charge in [0, 0.05) is 48.3 Å². The van der Waals surface area contributed by atoms with Crippen LogP contribution in [0.5, 0.6) is 0 Å². The maximum absolute atomic E-state index is 13.1. The summed E-state index contributed by atoms with van der Waals surface area (Å²) in [6, 6.07) is 15.4. The van der Waals surface area contributed by atoms with E-state index in [1.807, 2.05) is 57.3 Å². The van der Waals surface area contributed by atoms with Gasteiger partial charge in [-0.1, -0.05) is 36.4 Å². The Labute approximate surface area is 160 Å². The fourth-order valence-electron chi connectivity index (χ4n) is 4.31. The van der Waals surface area contributed by atoms with Crippen molar-refractivity contribution in [3.63, 3.8) is 0 Å². The summed E-state index contributed by atoms with van der Waals surface area (Å²) in [6.45, 7) is 2.03. The highest BCUT2D eigenvalue weighted by molar-refractivity contribution is 7.13. The fraction of sp³-hybridized carbons (Fsp3) is 0.286. The maximum atomic E-state index is 13.1. The number of amides is 1. The number of piperidine rings is 1. The third-order valence-electron chi connectivity index (χ3n) is 5.51. The topological polar surface area (TPSA) is 55.2 Å². The van der Waals surface area contributed by atoms with Gasteiger partial charge in [0.25, 0.3) is 11.5 Å². The third-order valence-corrected chi connectivity index (χ3v) is 6.40. The molecule has 1 amide bonds. The number of thiazole rings is 1. The largest absolute Gasteiger partial charge is 0.336 e. The summed E-state index contributed by atoms with van der Waals surface area (Å²) in [5, 5.41) is 2.72. The van der Waals surface area contributed by atoms with E-state index < -0.39 is 0 Å². The SMILES string of the molecule is O=C(c1csc(-c2ccccc2)n1)N1C[C@H]2C[C@H](C1)c1cccc(=O)n1C2. The van der Waals surface area contributed by atoms with Crippen molar-refractivity contribution in [2.24, 2.45) is 5.92 Å². The number of aromatic nitrogens is 2. The van der Waals surface area contributed by atoms with Crippen molar-refractivity contribution in [2.45, 2.75) is 18.9 Å². The molecule has 4 heterocycles. The summed E-state index contributed by atoms with van der Waals surface area (Å²) < 4.78 is 1.89. The Hall–Kier alpha value is -2.73. The first-order valence-electron chi connectivity index (χ1n) is 9.19. The Morgan fingerprint density at radius 3 is 2.74 bits per heavy atom. The van der Waals surface area contributed by atoms with E-state index in [1.54, 1.807) is 6.07 Å². The lowest BCUT2D eigenvalue weighted by Gasteiger charge is -2.42. The number of nitrogens with zero attached hydrogens (tertiary/aromatic N) is 3. The van der Waals surface area contributed by atoms with Crippen LogP contribution in [0.2, 0.25) is 0 Å². The van der Waals surface area contributed by atoms with E-state index >= 15 is 0 Å². The quantitative estimate of drug-likeness (QED) is 0.689. The van der Waals surface area contributed by atoms with Gasteiger partial charge >= 0.3 is 0 Å². The van der Waals surface area contributed by atoms with Crippen LogP contribution in [0, 0.1) is 5.92 Å². The van der Waals surface area contributed by atoms with Crippen molar-refractivity contribution in [1.82, 2.24) is 14.5 Å². The number of fused-ring (bicyclic) bond motifs is 4. The summed E-state index contributed by atoms with van der Waals surface area (Å²) in [6.07, 6.45) is 1.04. The minimum absolute atomic E-state index is 0.00476. The standard InChI is InChI=1S/C21H19N3O2S/c25-19-8-4-7-18-16-9-14(11-24(18)19)10-23(12-16)21(26)17-13-27-20(22-17)15-5-2-1-3-6-15/h1-8,13-14,16H,9-12H2/t14-,16-/m1/s1. The lowest BCUT2D eigenvalue weighted by atomic mass is 9.83. The molecule has 5 nitrogen and oxygen atoms in total. The van der Waals surface area contributed by atoms with E-state index in [4.69, 9.17) is 0 Å². The van der Waals surface area contributed by atoms with Gasteiger partial charge in [-0.3, -0.25) is 9.59 Å². The first kappa shape index (κ1) is 16.4. The zero-order chi connectivity index (χ0) is 18.4. The van der Waals surface area contributed by atoms with Crippen LogP contribution in [0.4, 0.5) is 0 Å². The Morgan fingerprint density at radius 1 is 1.04 bits per heavy atom. The first-order valence-corrected chi connectivity index (χ1v) is 10.1. The molecule has 2 atom stereocenters. The van der Waals surface area contributed by atoms with Crippen molar-refractivity contribution >= 4 is 17.2 Å². The van der Waals surface area contributed by atoms with Crippen LogP contribution in [-0.4, -0.2) is 33.4 Å². The molecule has 2 aliphatic heterocycles. The average molecular weight is 377 g/mol. The summed E-state index contributed by atoms with van der Waals surface area (Å²) in [5.41, 5.74) is 2.67. The second-order valence-electron chi connectivity index (χ2n) is 7.31. The molecule has 5 rings (SSSR count). The number of pyridine rings is 1. The number of rotatable bonds is 2. The van der Waals surface area contributed by atoms with E-state index in [1.165, 1.54) is 11.3 Å². The third kappa shape index (κ3) is 2.90. The molecule has 2 aliphatic rings. The molecule has 2 bridgehead atoms. The van der Waals surface area contributed by atoms with Crippen molar-refractivity contribution in [1.29, 1.82) is 0 Å². The van der Waals surface area contributed by atoms with E-state index in [-0.39, 0.29) is 17.4 Å². The number of benzene rings is 1. The van der Waals surface area contributed by atoms with Crippen LogP contribution in [0.3, 0.4) is 0 Å². The molecular weight excluding hydrogens is 358 g/mol. The molecule has 0 unspecified atom stereocenters. The van der Waals surface area contributed by atoms with Gasteiger partial charge < -0.3 is 9.47 Å². The molecule has 1 saturated heterocycles. The van der Waals surface area contributed by atoms with Gasteiger partial charge in [-0.05, 0) is 18.4 Å². The van der Waals surface area contributed by atoms with Gasteiger partial charge in [-0.15, -0.1) is 11.3 Å². The minimum Gasteiger partial charge on any atom is -0.336 e. The number of hydrogen-bond donors (Lipinski definition) is 0. The van der Waals surface area contributed by atoms with Crippen LogP contribution >= 0.6 is 11.3 Å². The molecule has 0 saturated carbocycles. The normalized spacial score (nSPS) is 21.0. The van der Waals surface area contributed by atoms with E-state index in [2.05, 4.69) is 4.98 Å². The molecule has 2 aromatic heterocycles. The zero-order valence-corrected chi connectivity index (χ0v) is 15.6. The van der Waals surface area contributed by atoms with Gasteiger partial charge in [0.1, 0.15) is 10.7 Å². The Balaban J connectivity index is 1.40.